The lowest BCUT2D eigenvalue weighted by Gasteiger charge is -2.45. The highest BCUT2D eigenvalue weighted by Gasteiger charge is 2.58. The molecule has 2 fully saturated rings. The van der Waals surface area contributed by atoms with Gasteiger partial charge in [0.25, 0.3) is 6.33 Å². The predicted octanol–water partition coefficient (Wildman–Crippen LogP) is 14.0. The summed E-state index contributed by atoms with van der Waals surface area (Å²) in [5, 5.41) is 0. The van der Waals surface area contributed by atoms with E-state index in [1.165, 1.54) is 94.7 Å². The van der Waals surface area contributed by atoms with Gasteiger partial charge in [-0.2, -0.15) is 0 Å². The molecule has 0 unspecified atom stereocenters. The summed E-state index contributed by atoms with van der Waals surface area (Å²) in [6, 6.07) is 21.4. The standard InChI is InChI=1S/C50H71N3/c1-32(2)38-21-18-22-39(33(3)4)45(38)51-29-44(52(31-51)46-40(34(5)6)23-19-24-41(46)35(7)8)48-50(27-16-15-17-28-50)30-49(13,14)53(48)47-42(36(9)10)25-20-26-43(47)37(11)12/h18-26,29,32-37,48H,15-17,27-28,30H2,1-14H3/t48-/m0/s1. The zero-order valence-corrected chi connectivity index (χ0v) is 35.9. The van der Waals surface area contributed by atoms with E-state index in [1.54, 1.807) is 0 Å². The van der Waals surface area contributed by atoms with E-state index >= 15 is 0 Å². The van der Waals surface area contributed by atoms with E-state index in [0.717, 1.165) is 0 Å². The second kappa shape index (κ2) is 15.1. The van der Waals surface area contributed by atoms with Gasteiger partial charge in [-0.1, -0.05) is 157 Å². The topological polar surface area (TPSA) is 12.1 Å². The number of anilines is 1. The quantitative estimate of drug-likeness (QED) is 0.118. The van der Waals surface area contributed by atoms with E-state index in [-0.39, 0.29) is 17.0 Å². The number of para-hydroxylation sites is 3. The van der Waals surface area contributed by atoms with Gasteiger partial charge < -0.3 is 4.90 Å². The van der Waals surface area contributed by atoms with Gasteiger partial charge in [-0.3, -0.25) is 9.13 Å². The number of hydrogen-bond donors (Lipinski definition) is 0. The molecule has 286 valence electrons. The van der Waals surface area contributed by atoms with Gasteiger partial charge in [0.05, 0.1) is 23.1 Å². The van der Waals surface area contributed by atoms with Crippen molar-refractivity contribution in [2.24, 2.45) is 5.41 Å². The monoisotopic (exact) mass is 714 g/mol. The largest absolute Gasteiger partial charge is 0.362 e. The summed E-state index contributed by atoms with van der Waals surface area (Å²) >= 11 is 0. The van der Waals surface area contributed by atoms with E-state index in [1.807, 2.05) is 0 Å². The molecular formula is C50H71N3. The van der Waals surface area contributed by atoms with Gasteiger partial charge in [-0.05, 0) is 107 Å². The SMILES string of the molecule is CC(C)c1cccc(C(C)C)c1N1[C@@H](c2c[n+](-c3c(C(C)C)cccc3C(C)C)[c-]n2-c2c(C(C)C)cccc2C(C)C)C2(CCCCC2)CC1(C)C. The summed E-state index contributed by atoms with van der Waals surface area (Å²) in [4.78, 5) is 2.97. The summed E-state index contributed by atoms with van der Waals surface area (Å²) < 4.78 is 5.04. The molecule has 4 aromatic rings. The highest BCUT2D eigenvalue weighted by molar-refractivity contribution is 5.66. The van der Waals surface area contributed by atoms with Gasteiger partial charge in [0.15, 0.2) is 0 Å². The first kappa shape index (κ1) is 39.4. The van der Waals surface area contributed by atoms with Gasteiger partial charge in [0.2, 0.25) is 0 Å². The smallest absolute Gasteiger partial charge is 0.269 e. The van der Waals surface area contributed by atoms with Crippen molar-refractivity contribution < 1.29 is 4.57 Å². The summed E-state index contributed by atoms with van der Waals surface area (Å²) in [6.07, 6.45) is 14.4. The predicted molar refractivity (Wildman–Crippen MR) is 227 cm³/mol. The van der Waals surface area contributed by atoms with Gasteiger partial charge in [0.1, 0.15) is 0 Å². The highest BCUT2D eigenvalue weighted by atomic mass is 15.3. The molecule has 3 aromatic carbocycles. The van der Waals surface area contributed by atoms with Crippen molar-refractivity contribution in [1.82, 2.24) is 4.57 Å². The Hall–Kier alpha value is -3.33. The first-order chi connectivity index (χ1) is 25.0. The third kappa shape index (κ3) is 7.04. The zero-order valence-electron chi connectivity index (χ0n) is 35.9. The fourth-order valence-corrected chi connectivity index (χ4v) is 10.5. The van der Waals surface area contributed by atoms with Crippen LogP contribution >= 0.6 is 0 Å². The van der Waals surface area contributed by atoms with Crippen LogP contribution in [-0.4, -0.2) is 10.1 Å². The van der Waals surface area contributed by atoms with Crippen molar-refractivity contribution in [3.8, 4) is 11.4 Å². The number of benzene rings is 3. The van der Waals surface area contributed by atoms with Crippen LogP contribution in [0.2, 0.25) is 0 Å². The molecule has 3 nitrogen and oxygen atoms in total. The summed E-state index contributed by atoms with van der Waals surface area (Å²) in [6.45, 7) is 33.6. The summed E-state index contributed by atoms with van der Waals surface area (Å²) in [5.74, 6) is 2.39. The molecule has 0 N–H and O–H groups in total. The van der Waals surface area contributed by atoms with Crippen molar-refractivity contribution in [3.63, 3.8) is 0 Å². The molecule has 1 aromatic heterocycles. The van der Waals surface area contributed by atoms with Crippen LogP contribution in [0.4, 0.5) is 5.69 Å². The fourth-order valence-electron chi connectivity index (χ4n) is 10.5. The molecule has 1 saturated carbocycles. The molecule has 0 radical (unpaired) electrons. The average molecular weight is 714 g/mol. The van der Waals surface area contributed by atoms with Crippen molar-refractivity contribution in [1.29, 1.82) is 0 Å². The molecule has 1 saturated heterocycles. The molecule has 6 rings (SSSR count). The Bertz CT molecular complexity index is 1810. The van der Waals surface area contributed by atoms with Crippen LogP contribution in [0, 0.1) is 11.7 Å². The molecule has 2 heterocycles. The Kier molecular flexibility index (Phi) is 11.2. The van der Waals surface area contributed by atoms with Crippen LogP contribution in [0.5, 0.6) is 0 Å². The molecule has 0 bridgehead atoms. The summed E-state index contributed by atoms with van der Waals surface area (Å²) in [5.41, 5.74) is 14.2. The number of hydrogen-bond acceptors (Lipinski definition) is 1. The minimum atomic E-state index is -0.0338. The Balaban J connectivity index is 1.80. The molecule has 1 aliphatic carbocycles. The minimum Gasteiger partial charge on any atom is -0.362 e. The van der Waals surface area contributed by atoms with Gasteiger partial charge >= 0.3 is 0 Å². The normalized spacial score (nSPS) is 18.6. The lowest BCUT2D eigenvalue weighted by molar-refractivity contribution is -0.600. The Morgan fingerprint density at radius 3 is 1.38 bits per heavy atom. The highest BCUT2D eigenvalue weighted by Crippen LogP contribution is 2.63. The third-order valence-electron chi connectivity index (χ3n) is 12.9. The van der Waals surface area contributed by atoms with E-state index < -0.39 is 0 Å². The van der Waals surface area contributed by atoms with Crippen LogP contribution in [0.3, 0.4) is 0 Å². The lowest BCUT2D eigenvalue weighted by Crippen LogP contribution is -2.42. The molecule has 3 heteroatoms. The zero-order chi connectivity index (χ0) is 38.6. The van der Waals surface area contributed by atoms with Gasteiger partial charge in [-0.25, -0.2) is 0 Å². The molecule has 53 heavy (non-hydrogen) atoms. The average Bonchev–Trinajstić information content (AvgIpc) is 3.62. The number of imidazole rings is 1. The number of rotatable bonds is 10. The van der Waals surface area contributed by atoms with Crippen molar-refractivity contribution >= 4 is 5.69 Å². The Labute approximate surface area is 324 Å². The second-order valence-electron chi connectivity index (χ2n) is 19.3. The van der Waals surface area contributed by atoms with E-state index in [4.69, 9.17) is 0 Å². The van der Waals surface area contributed by atoms with Crippen LogP contribution in [0.25, 0.3) is 11.4 Å². The van der Waals surface area contributed by atoms with Crippen LogP contribution in [-0.2, 0) is 0 Å². The first-order valence-electron chi connectivity index (χ1n) is 21.3. The number of aromatic nitrogens is 2. The van der Waals surface area contributed by atoms with Gasteiger partial charge in [0, 0.05) is 17.4 Å². The summed E-state index contributed by atoms with van der Waals surface area (Å²) in [7, 11) is 0. The molecule has 2 aliphatic rings. The lowest BCUT2D eigenvalue weighted by atomic mass is 9.66. The number of nitrogens with zero attached hydrogens (tertiary/aromatic N) is 3. The Morgan fingerprint density at radius 2 is 0.962 bits per heavy atom. The Morgan fingerprint density at radius 1 is 0.566 bits per heavy atom. The maximum Gasteiger partial charge on any atom is 0.269 e. The van der Waals surface area contributed by atoms with Crippen LogP contribution in [0.1, 0.15) is 216 Å². The maximum atomic E-state index is 4.18. The van der Waals surface area contributed by atoms with Crippen LogP contribution < -0.4 is 9.47 Å². The van der Waals surface area contributed by atoms with E-state index in [2.05, 4.69) is 178 Å². The van der Waals surface area contributed by atoms with Crippen molar-refractivity contribution in [3.05, 3.63) is 106 Å². The van der Waals surface area contributed by atoms with Gasteiger partial charge in [-0.15, -0.1) is 0 Å². The second-order valence-corrected chi connectivity index (χ2v) is 19.3. The molecular weight excluding hydrogens is 643 g/mol. The van der Waals surface area contributed by atoms with E-state index in [9.17, 15) is 0 Å². The maximum absolute atomic E-state index is 4.18. The molecule has 1 aliphatic heterocycles. The van der Waals surface area contributed by atoms with Crippen molar-refractivity contribution in [2.45, 2.75) is 183 Å². The minimum absolute atomic E-state index is 0.0338. The fraction of sp³-hybridized carbons (Fsp3) is 0.580. The molecule has 1 spiro atoms. The molecule has 1 atom stereocenters. The van der Waals surface area contributed by atoms with Crippen LogP contribution in [0.15, 0.2) is 60.8 Å². The van der Waals surface area contributed by atoms with Crippen molar-refractivity contribution in [2.75, 3.05) is 4.90 Å². The first-order valence-corrected chi connectivity index (χ1v) is 21.3. The van der Waals surface area contributed by atoms with E-state index in [0.29, 0.717) is 35.5 Å². The molecule has 0 amide bonds. The third-order valence-corrected chi connectivity index (χ3v) is 12.9.